The van der Waals surface area contributed by atoms with Gasteiger partial charge >= 0.3 is 0 Å². The number of fused-ring (bicyclic) bond motifs is 9. The SMILES string of the molecule is c1ccc(-c2ccc3c(c2)c2ccccc2n3-c2nc(-c3ccc4c(c3)oc3ccccc34)nc(-c3ccc4c5ccccc5n(-c5ccccc5)c4c3)n2)cc1. The van der Waals surface area contributed by atoms with E-state index >= 15 is 0 Å². The van der Waals surface area contributed by atoms with Crippen molar-refractivity contribution in [1.82, 2.24) is 24.1 Å². The Morgan fingerprint density at radius 1 is 0.316 bits per heavy atom. The molecule has 0 spiro atoms. The Hall–Kier alpha value is -7.83. The molecule has 4 heterocycles. The second-order valence-electron chi connectivity index (χ2n) is 14.5. The van der Waals surface area contributed by atoms with Crippen molar-refractivity contribution in [2.75, 3.05) is 0 Å². The van der Waals surface area contributed by atoms with Gasteiger partial charge in [-0.15, -0.1) is 0 Å². The van der Waals surface area contributed by atoms with Gasteiger partial charge in [0, 0.05) is 49.1 Å². The summed E-state index contributed by atoms with van der Waals surface area (Å²) in [5, 5.41) is 6.76. The zero-order chi connectivity index (χ0) is 37.5. The Kier molecular flexibility index (Phi) is 6.83. The van der Waals surface area contributed by atoms with Crippen LogP contribution < -0.4 is 0 Å². The molecule has 0 fully saturated rings. The molecule has 0 radical (unpaired) electrons. The normalized spacial score (nSPS) is 11.9. The van der Waals surface area contributed by atoms with Gasteiger partial charge < -0.3 is 8.98 Å². The van der Waals surface area contributed by atoms with Crippen LogP contribution in [0.15, 0.2) is 192 Å². The van der Waals surface area contributed by atoms with Crippen molar-refractivity contribution in [3.63, 3.8) is 0 Å². The predicted molar refractivity (Wildman–Crippen MR) is 232 cm³/mol. The van der Waals surface area contributed by atoms with Crippen molar-refractivity contribution >= 4 is 65.6 Å². The van der Waals surface area contributed by atoms with E-state index in [-0.39, 0.29) is 0 Å². The Morgan fingerprint density at radius 2 is 0.860 bits per heavy atom. The summed E-state index contributed by atoms with van der Waals surface area (Å²) in [6.45, 7) is 0. The van der Waals surface area contributed by atoms with Crippen LogP contribution in [-0.2, 0) is 0 Å². The Bertz CT molecular complexity index is 3520. The Labute approximate surface area is 326 Å². The summed E-state index contributed by atoms with van der Waals surface area (Å²) in [6, 6.07) is 65.6. The van der Waals surface area contributed by atoms with Gasteiger partial charge in [-0.3, -0.25) is 4.57 Å². The molecule has 0 unspecified atom stereocenters. The van der Waals surface area contributed by atoms with E-state index in [9.17, 15) is 0 Å². The molecule has 0 aliphatic heterocycles. The summed E-state index contributed by atoms with van der Waals surface area (Å²) in [5.74, 6) is 1.69. The molecule has 0 saturated heterocycles. The molecule has 8 aromatic carbocycles. The number of para-hydroxylation sites is 4. The maximum Gasteiger partial charge on any atom is 0.238 e. The lowest BCUT2D eigenvalue weighted by Gasteiger charge is -2.12. The van der Waals surface area contributed by atoms with Crippen LogP contribution in [-0.4, -0.2) is 24.1 Å². The smallest absolute Gasteiger partial charge is 0.238 e. The van der Waals surface area contributed by atoms with Crippen molar-refractivity contribution in [2.24, 2.45) is 0 Å². The van der Waals surface area contributed by atoms with Crippen LogP contribution in [0.3, 0.4) is 0 Å². The number of hydrogen-bond donors (Lipinski definition) is 0. The van der Waals surface area contributed by atoms with Gasteiger partial charge in [0.15, 0.2) is 11.6 Å². The third-order valence-corrected chi connectivity index (χ3v) is 11.2. The maximum absolute atomic E-state index is 6.35. The molecule has 266 valence electrons. The van der Waals surface area contributed by atoms with Gasteiger partial charge in [0.2, 0.25) is 5.95 Å². The Morgan fingerprint density at radius 3 is 1.63 bits per heavy atom. The number of benzene rings is 8. The van der Waals surface area contributed by atoms with Crippen LogP contribution in [0.25, 0.3) is 111 Å². The van der Waals surface area contributed by atoms with Gasteiger partial charge in [0.05, 0.1) is 22.1 Å². The molecule has 0 bridgehead atoms. The average Bonchev–Trinajstić information content (AvgIpc) is 3.93. The fourth-order valence-electron chi connectivity index (χ4n) is 8.55. The number of hydrogen-bond acceptors (Lipinski definition) is 4. The fraction of sp³-hybridized carbons (Fsp3) is 0. The molecule has 0 saturated carbocycles. The van der Waals surface area contributed by atoms with Crippen molar-refractivity contribution in [3.8, 4) is 45.5 Å². The highest BCUT2D eigenvalue weighted by atomic mass is 16.3. The van der Waals surface area contributed by atoms with E-state index in [4.69, 9.17) is 19.4 Å². The first-order chi connectivity index (χ1) is 28.2. The third-order valence-electron chi connectivity index (χ3n) is 11.2. The highest BCUT2D eigenvalue weighted by molar-refractivity contribution is 6.11. The minimum atomic E-state index is 0.544. The van der Waals surface area contributed by atoms with Crippen LogP contribution in [0, 0.1) is 0 Å². The standard InChI is InChI=1S/C51H31N5O/c1-3-13-32(14-4-1)33-25-28-45-42(29-33)38-18-8-11-21-44(38)56(45)51-53-49(52-50(54-51)35-24-27-41-40-19-9-12-22-47(40)57-48(41)31-35)34-23-26-39-37-17-7-10-20-43(37)55(46(39)30-34)36-15-5-2-6-16-36/h1-31H. The molecule has 6 heteroatoms. The summed E-state index contributed by atoms with van der Waals surface area (Å²) in [6.07, 6.45) is 0. The van der Waals surface area contributed by atoms with E-state index in [2.05, 4.69) is 173 Å². The van der Waals surface area contributed by atoms with Gasteiger partial charge in [-0.25, -0.2) is 4.98 Å². The molecule has 12 rings (SSSR count). The van der Waals surface area contributed by atoms with Crippen LogP contribution in [0.4, 0.5) is 0 Å². The first kappa shape index (κ1) is 31.5. The molecule has 0 N–H and O–H groups in total. The van der Waals surface area contributed by atoms with E-state index in [0.717, 1.165) is 77.2 Å². The van der Waals surface area contributed by atoms with Crippen molar-refractivity contribution < 1.29 is 4.42 Å². The predicted octanol–water partition coefficient (Wildman–Crippen LogP) is 13.0. The van der Waals surface area contributed by atoms with E-state index in [1.165, 1.54) is 16.3 Å². The van der Waals surface area contributed by atoms with Crippen LogP contribution in [0.5, 0.6) is 0 Å². The second kappa shape index (κ2) is 12.3. The monoisotopic (exact) mass is 729 g/mol. The number of rotatable bonds is 5. The number of aromatic nitrogens is 5. The molecule has 0 aliphatic rings. The fourth-order valence-corrected chi connectivity index (χ4v) is 8.55. The van der Waals surface area contributed by atoms with E-state index in [0.29, 0.717) is 17.6 Å². The molecule has 12 aromatic rings. The largest absolute Gasteiger partial charge is 0.456 e. The molecule has 0 amide bonds. The second-order valence-corrected chi connectivity index (χ2v) is 14.5. The molecule has 0 atom stereocenters. The molecule has 57 heavy (non-hydrogen) atoms. The number of furan rings is 1. The van der Waals surface area contributed by atoms with Crippen LogP contribution in [0.2, 0.25) is 0 Å². The first-order valence-corrected chi connectivity index (χ1v) is 19.1. The molecule has 0 aliphatic carbocycles. The van der Waals surface area contributed by atoms with E-state index < -0.39 is 0 Å². The minimum absolute atomic E-state index is 0.544. The lowest BCUT2D eigenvalue weighted by molar-refractivity contribution is 0.669. The van der Waals surface area contributed by atoms with Crippen molar-refractivity contribution in [2.45, 2.75) is 0 Å². The van der Waals surface area contributed by atoms with E-state index in [1.54, 1.807) is 0 Å². The highest BCUT2D eigenvalue weighted by Gasteiger charge is 2.20. The first-order valence-electron chi connectivity index (χ1n) is 19.1. The Balaban J connectivity index is 1.12. The van der Waals surface area contributed by atoms with Gasteiger partial charge in [-0.1, -0.05) is 127 Å². The lowest BCUT2D eigenvalue weighted by atomic mass is 10.0. The molecule has 4 aromatic heterocycles. The van der Waals surface area contributed by atoms with Gasteiger partial charge in [0.1, 0.15) is 11.2 Å². The van der Waals surface area contributed by atoms with E-state index in [1.807, 2.05) is 24.3 Å². The average molecular weight is 730 g/mol. The maximum atomic E-state index is 6.35. The van der Waals surface area contributed by atoms with Gasteiger partial charge in [-0.05, 0) is 71.8 Å². The molecular formula is C51H31N5O. The summed E-state index contributed by atoms with van der Waals surface area (Å²) in [5.41, 5.74) is 11.1. The lowest BCUT2D eigenvalue weighted by Crippen LogP contribution is -2.06. The minimum Gasteiger partial charge on any atom is -0.456 e. The molecule has 6 nitrogen and oxygen atoms in total. The zero-order valence-corrected chi connectivity index (χ0v) is 30.5. The summed E-state index contributed by atoms with van der Waals surface area (Å²) in [4.78, 5) is 15.8. The summed E-state index contributed by atoms with van der Waals surface area (Å²) < 4.78 is 10.8. The summed E-state index contributed by atoms with van der Waals surface area (Å²) >= 11 is 0. The van der Waals surface area contributed by atoms with Crippen molar-refractivity contribution in [1.29, 1.82) is 0 Å². The van der Waals surface area contributed by atoms with Gasteiger partial charge in [0.25, 0.3) is 0 Å². The topological polar surface area (TPSA) is 61.7 Å². The summed E-state index contributed by atoms with van der Waals surface area (Å²) in [7, 11) is 0. The third kappa shape index (κ3) is 4.94. The van der Waals surface area contributed by atoms with Crippen molar-refractivity contribution in [3.05, 3.63) is 188 Å². The number of nitrogens with zero attached hydrogens (tertiary/aromatic N) is 5. The molecular weight excluding hydrogens is 699 g/mol. The van der Waals surface area contributed by atoms with Crippen LogP contribution in [0.1, 0.15) is 0 Å². The zero-order valence-electron chi connectivity index (χ0n) is 30.5. The van der Waals surface area contributed by atoms with Crippen LogP contribution >= 0.6 is 0 Å². The quantitative estimate of drug-likeness (QED) is 0.177. The van der Waals surface area contributed by atoms with Gasteiger partial charge in [-0.2, -0.15) is 9.97 Å². The highest BCUT2D eigenvalue weighted by Crippen LogP contribution is 2.38.